The first-order valence-electron chi connectivity index (χ1n) is 9.11. The van der Waals surface area contributed by atoms with Crippen LogP contribution in [0.15, 0.2) is 6.07 Å². The van der Waals surface area contributed by atoms with E-state index >= 15 is 0 Å². The van der Waals surface area contributed by atoms with Crippen LogP contribution in [0.3, 0.4) is 0 Å². The average molecular weight is 329 g/mol. The summed E-state index contributed by atoms with van der Waals surface area (Å²) in [4.78, 5) is 23.4. The van der Waals surface area contributed by atoms with Crippen LogP contribution in [0.4, 0.5) is 10.5 Å². The van der Waals surface area contributed by atoms with Crippen LogP contribution in [-0.2, 0) is 30.5 Å². The smallest absolute Gasteiger partial charge is 0.319 e. The topological polar surface area (TPSA) is 70.2 Å². The third-order valence-electron chi connectivity index (χ3n) is 5.11. The van der Waals surface area contributed by atoms with Crippen molar-refractivity contribution < 1.29 is 9.59 Å². The number of anilines is 1. The van der Waals surface area contributed by atoms with Crippen molar-refractivity contribution in [3.05, 3.63) is 28.3 Å². The maximum absolute atomic E-state index is 12.3. The lowest BCUT2D eigenvalue weighted by Crippen LogP contribution is -2.30. The van der Waals surface area contributed by atoms with Crippen molar-refractivity contribution in [1.82, 2.24) is 10.6 Å². The molecule has 0 heterocycles. The number of urea groups is 1. The van der Waals surface area contributed by atoms with E-state index in [1.54, 1.807) is 7.05 Å². The van der Waals surface area contributed by atoms with E-state index in [0.717, 1.165) is 44.2 Å². The molecule has 1 aromatic carbocycles. The SMILES string of the molecule is CNC(=O)CCCCNC(=O)Nc1c2c(cc3c1CCC3)CCC2. The van der Waals surface area contributed by atoms with Crippen LogP contribution in [0.2, 0.25) is 0 Å². The summed E-state index contributed by atoms with van der Waals surface area (Å²) in [6, 6.07) is 2.25. The Morgan fingerprint density at radius 1 is 1.00 bits per heavy atom. The van der Waals surface area contributed by atoms with Crippen LogP contribution < -0.4 is 16.0 Å². The Morgan fingerprint density at radius 3 is 2.29 bits per heavy atom. The number of rotatable bonds is 6. The second-order valence-corrected chi connectivity index (χ2v) is 6.75. The molecule has 0 saturated heterocycles. The van der Waals surface area contributed by atoms with Crippen molar-refractivity contribution in [2.75, 3.05) is 18.9 Å². The molecule has 0 atom stereocenters. The molecule has 3 amide bonds. The second kappa shape index (κ2) is 7.69. The molecule has 2 aliphatic rings. The summed E-state index contributed by atoms with van der Waals surface area (Å²) in [5.41, 5.74) is 6.64. The molecule has 0 unspecified atom stereocenters. The number of nitrogens with one attached hydrogen (secondary N) is 3. The molecule has 3 rings (SSSR count). The van der Waals surface area contributed by atoms with Gasteiger partial charge in [-0.15, -0.1) is 0 Å². The molecule has 0 aliphatic heterocycles. The number of aryl methyl sites for hydroxylation is 2. The molecule has 2 aliphatic carbocycles. The summed E-state index contributed by atoms with van der Waals surface area (Å²) < 4.78 is 0. The molecule has 0 aromatic heterocycles. The highest BCUT2D eigenvalue weighted by Gasteiger charge is 2.24. The Morgan fingerprint density at radius 2 is 1.67 bits per heavy atom. The Kier molecular flexibility index (Phi) is 5.38. The number of benzene rings is 1. The highest BCUT2D eigenvalue weighted by atomic mass is 16.2. The zero-order valence-corrected chi connectivity index (χ0v) is 14.5. The van der Waals surface area contributed by atoms with E-state index in [1.807, 2.05) is 0 Å². The number of fused-ring (bicyclic) bond motifs is 2. The second-order valence-electron chi connectivity index (χ2n) is 6.75. The van der Waals surface area contributed by atoms with Gasteiger partial charge < -0.3 is 16.0 Å². The Bertz CT molecular complexity index is 608. The van der Waals surface area contributed by atoms with E-state index in [9.17, 15) is 9.59 Å². The average Bonchev–Trinajstić information content (AvgIpc) is 3.22. The summed E-state index contributed by atoms with van der Waals surface area (Å²) in [5.74, 6) is 0.0508. The number of amides is 3. The van der Waals surface area contributed by atoms with E-state index in [1.165, 1.54) is 35.1 Å². The molecule has 0 radical (unpaired) electrons. The van der Waals surface area contributed by atoms with Crippen molar-refractivity contribution in [3.8, 4) is 0 Å². The van der Waals surface area contributed by atoms with Crippen molar-refractivity contribution in [1.29, 1.82) is 0 Å². The van der Waals surface area contributed by atoms with Gasteiger partial charge in [0.2, 0.25) is 5.91 Å². The Balaban J connectivity index is 1.55. The lowest BCUT2D eigenvalue weighted by atomic mass is 9.99. The van der Waals surface area contributed by atoms with Gasteiger partial charge in [0.05, 0.1) is 0 Å². The monoisotopic (exact) mass is 329 g/mol. The minimum absolute atomic E-state index is 0.0508. The van der Waals surface area contributed by atoms with Gasteiger partial charge in [-0.25, -0.2) is 4.79 Å². The zero-order valence-electron chi connectivity index (χ0n) is 14.5. The van der Waals surface area contributed by atoms with E-state index < -0.39 is 0 Å². The highest BCUT2D eigenvalue weighted by molar-refractivity contribution is 5.92. The van der Waals surface area contributed by atoms with Crippen LogP contribution in [0, 0.1) is 0 Å². The molecular formula is C19H27N3O2. The van der Waals surface area contributed by atoms with Gasteiger partial charge in [-0.2, -0.15) is 0 Å². The number of hydrogen-bond donors (Lipinski definition) is 3. The predicted octanol–water partition coefficient (Wildman–Crippen LogP) is 2.70. The molecule has 5 nitrogen and oxygen atoms in total. The highest BCUT2D eigenvalue weighted by Crippen LogP contribution is 2.38. The largest absolute Gasteiger partial charge is 0.359 e. The van der Waals surface area contributed by atoms with Gasteiger partial charge in [-0.05, 0) is 73.6 Å². The van der Waals surface area contributed by atoms with Crippen LogP contribution in [-0.4, -0.2) is 25.5 Å². The zero-order chi connectivity index (χ0) is 16.9. The lowest BCUT2D eigenvalue weighted by molar-refractivity contribution is -0.120. The fraction of sp³-hybridized carbons (Fsp3) is 0.579. The maximum Gasteiger partial charge on any atom is 0.319 e. The van der Waals surface area contributed by atoms with Gasteiger partial charge in [0.25, 0.3) is 0 Å². The van der Waals surface area contributed by atoms with E-state index in [2.05, 4.69) is 22.0 Å². The number of hydrogen-bond acceptors (Lipinski definition) is 2. The minimum atomic E-state index is -0.121. The van der Waals surface area contributed by atoms with E-state index in [-0.39, 0.29) is 11.9 Å². The molecule has 130 valence electrons. The summed E-state index contributed by atoms with van der Waals surface area (Å²) in [6.45, 7) is 0.597. The Hall–Kier alpha value is -2.04. The van der Waals surface area contributed by atoms with Crippen LogP contribution in [0.1, 0.15) is 54.4 Å². The number of carbonyl (C=O) groups excluding carboxylic acids is 2. The van der Waals surface area contributed by atoms with Gasteiger partial charge in [0, 0.05) is 25.7 Å². The molecule has 0 fully saturated rings. The number of unbranched alkanes of at least 4 members (excludes halogenated alkanes) is 1. The fourth-order valence-corrected chi connectivity index (χ4v) is 3.86. The predicted molar refractivity (Wildman–Crippen MR) is 95.4 cm³/mol. The van der Waals surface area contributed by atoms with Crippen LogP contribution in [0.5, 0.6) is 0 Å². The van der Waals surface area contributed by atoms with Crippen LogP contribution >= 0.6 is 0 Å². The number of carbonyl (C=O) groups is 2. The maximum atomic E-state index is 12.3. The molecular weight excluding hydrogens is 302 g/mol. The van der Waals surface area contributed by atoms with Gasteiger partial charge in [-0.1, -0.05) is 6.07 Å². The first-order chi connectivity index (χ1) is 11.7. The molecule has 5 heteroatoms. The molecule has 0 bridgehead atoms. The van der Waals surface area contributed by atoms with Crippen molar-refractivity contribution in [2.24, 2.45) is 0 Å². The van der Waals surface area contributed by atoms with Crippen molar-refractivity contribution in [2.45, 2.75) is 57.8 Å². The lowest BCUT2D eigenvalue weighted by Gasteiger charge is -2.16. The van der Waals surface area contributed by atoms with Crippen molar-refractivity contribution in [3.63, 3.8) is 0 Å². The summed E-state index contributed by atoms with van der Waals surface area (Å²) in [7, 11) is 1.64. The molecule has 1 aromatic rings. The summed E-state index contributed by atoms with van der Waals surface area (Å²) >= 11 is 0. The third-order valence-corrected chi connectivity index (χ3v) is 5.11. The molecule has 0 saturated carbocycles. The van der Waals surface area contributed by atoms with E-state index in [4.69, 9.17) is 0 Å². The standard InChI is InChI=1S/C19H27N3O2/c1-20-17(23)10-2-3-11-21-19(24)22-18-15-8-4-6-13(15)12-14-7-5-9-16(14)18/h12H,2-11H2,1H3,(H,20,23)(H2,21,22,24). The van der Waals surface area contributed by atoms with Gasteiger partial charge in [0.15, 0.2) is 0 Å². The third kappa shape index (κ3) is 3.71. The Labute approximate surface area is 143 Å². The van der Waals surface area contributed by atoms with E-state index in [0.29, 0.717) is 13.0 Å². The molecule has 0 spiro atoms. The van der Waals surface area contributed by atoms with Gasteiger partial charge in [-0.3, -0.25) is 4.79 Å². The minimum Gasteiger partial charge on any atom is -0.359 e. The summed E-state index contributed by atoms with van der Waals surface area (Å²) in [6.07, 6.45) is 8.91. The normalized spacial score (nSPS) is 14.9. The first-order valence-corrected chi connectivity index (χ1v) is 9.11. The van der Waals surface area contributed by atoms with Gasteiger partial charge in [0.1, 0.15) is 0 Å². The summed E-state index contributed by atoms with van der Waals surface area (Å²) in [5, 5.41) is 8.65. The molecule has 24 heavy (non-hydrogen) atoms. The first kappa shape index (κ1) is 16.8. The quantitative estimate of drug-likeness (QED) is 0.702. The molecule has 3 N–H and O–H groups in total. The van der Waals surface area contributed by atoms with Crippen molar-refractivity contribution >= 4 is 17.6 Å². The fourth-order valence-electron chi connectivity index (χ4n) is 3.86. The van der Waals surface area contributed by atoms with Gasteiger partial charge >= 0.3 is 6.03 Å². The van der Waals surface area contributed by atoms with Crippen LogP contribution in [0.25, 0.3) is 0 Å².